The van der Waals surface area contributed by atoms with Crippen molar-refractivity contribution in [3.8, 4) is 0 Å². The molecule has 0 saturated carbocycles. The van der Waals surface area contributed by atoms with Crippen molar-refractivity contribution in [2.75, 3.05) is 13.2 Å². The molecule has 1 aliphatic rings. The lowest BCUT2D eigenvalue weighted by molar-refractivity contribution is -0.119. The Morgan fingerprint density at radius 1 is 1.36 bits per heavy atom. The Kier molecular flexibility index (Phi) is 3.35. The predicted octanol–water partition coefficient (Wildman–Crippen LogP) is 1.25. The fourth-order valence-corrected chi connectivity index (χ4v) is 1.38. The Morgan fingerprint density at radius 2 is 2.00 bits per heavy atom. The minimum Gasteiger partial charge on any atom is -0.387 e. The fraction of sp³-hybridized carbons (Fsp3) is 0.818. The van der Waals surface area contributed by atoms with E-state index in [1.165, 1.54) is 5.57 Å². The van der Waals surface area contributed by atoms with E-state index in [-0.39, 0.29) is 0 Å². The first-order valence-corrected chi connectivity index (χ1v) is 5.03. The third-order valence-electron chi connectivity index (χ3n) is 2.95. The summed E-state index contributed by atoms with van der Waals surface area (Å²) >= 11 is 0. The average Bonchev–Trinajstić information content (AvgIpc) is 2.03. The van der Waals surface area contributed by atoms with E-state index < -0.39 is 11.2 Å². The van der Waals surface area contributed by atoms with Crippen LogP contribution in [0.25, 0.3) is 0 Å². The van der Waals surface area contributed by atoms with Gasteiger partial charge in [-0.2, -0.15) is 0 Å². The van der Waals surface area contributed by atoms with Crippen LogP contribution in [0.5, 0.6) is 0 Å². The Labute approximate surface area is 85.4 Å². The molecule has 1 heterocycles. The summed E-state index contributed by atoms with van der Waals surface area (Å²) in [6, 6.07) is 0. The summed E-state index contributed by atoms with van der Waals surface area (Å²) in [5.41, 5.74) is -0.981. The zero-order valence-electron chi connectivity index (χ0n) is 9.21. The number of aliphatic hydroxyl groups is 2. The van der Waals surface area contributed by atoms with Gasteiger partial charge >= 0.3 is 0 Å². The molecule has 3 nitrogen and oxygen atoms in total. The summed E-state index contributed by atoms with van der Waals surface area (Å²) in [4.78, 5) is 0. The molecule has 82 valence electrons. The van der Waals surface area contributed by atoms with Gasteiger partial charge in [-0.05, 0) is 33.6 Å². The van der Waals surface area contributed by atoms with Gasteiger partial charge in [0.25, 0.3) is 0 Å². The van der Waals surface area contributed by atoms with Crippen molar-refractivity contribution in [2.24, 2.45) is 0 Å². The van der Waals surface area contributed by atoms with Crippen molar-refractivity contribution in [3.63, 3.8) is 0 Å². The minimum absolute atomic E-state index is 0.514. The van der Waals surface area contributed by atoms with Gasteiger partial charge in [0.1, 0.15) is 0 Å². The predicted molar refractivity (Wildman–Crippen MR) is 55.1 cm³/mol. The lowest BCUT2D eigenvalue weighted by Gasteiger charge is -2.36. The number of rotatable bonds is 3. The van der Waals surface area contributed by atoms with Gasteiger partial charge in [0.2, 0.25) is 0 Å². The molecule has 0 aromatic carbocycles. The average molecular weight is 200 g/mol. The van der Waals surface area contributed by atoms with E-state index in [9.17, 15) is 10.2 Å². The molecule has 1 unspecified atom stereocenters. The smallest absolute Gasteiger partial charge is 0.0936 e. The summed E-state index contributed by atoms with van der Waals surface area (Å²) in [5.74, 6) is 0. The summed E-state index contributed by atoms with van der Waals surface area (Å²) < 4.78 is 5.18. The molecule has 0 aliphatic carbocycles. The first kappa shape index (κ1) is 11.7. The van der Waals surface area contributed by atoms with Crippen LogP contribution in [0, 0.1) is 0 Å². The molecule has 0 bridgehead atoms. The van der Waals surface area contributed by atoms with Crippen molar-refractivity contribution < 1.29 is 14.9 Å². The van der Waals surface area contributed by atoms with Gasteiger partial charge in [-0.1, -0.05) is 11.6 Å². The quantitative estimate of drug-likeness (QED) is 0.674. The normalized spacial score (nSPS) is 22.8. The fourth-order valence-electron chi connectivity index (χ4n) is 1.38. The highest BCUT2D eigenvalue weighted by atomic mass is 16.5. The molecule has 0 radical (unpaired) electrons. The van der Waals surface area contributed by atoms with E-state index >= 15 is 0 Å². The maximum atomic E-state index is 10.1. The highest BCUT2D eigenvalue weighted by Crippen LogP contribution is 2.29. The molecule has 1 aliphatic heterocycles. The first-order chi connectivity index (χ1) is 6.33. The van der Waals surface area contributed by atoms with Crippen LogP contribution in [-0.2, 0) is 4.74 Å². The topological polar surface area (TPSA) is 49.7 Å². The van der Waals surface area contributed by atoms with Crippen LogP contribution in [0.4, 0.5) is 0 Å². The molecule has 0 aromatic rings. The van der Waals surface area contributed by atoms with Crippen molar-refractivity contribution >= 4 is 0 Å². The number of hydrogen-bond acceptors (Lipinski definition) is 3. The molecular formula is C11H20O3. The monoisotopic (exact) mass is 200 g/mol. The van der Waals surface area contributed by atoms with E-state index in [0.717, 1.165) is 6.42 Å². The van der Waals surface area contributed by atoms with Gasteiger partial charge in [0.05, 0.1) is 24.4 Å². The zero-order chi connectivity index (χ0) is 10.8. The SMILES string of the molecule is CC(C)(O)C(C)(O)CC1=CCOCC1. The summed E-state index contributed by atoms with van der Waals surface area (Å²) in [6.45, 7) is 6.27. The zero-order valence-corrected chi connectivity index (χ0v) is 9.21. The Morgan fingerprint density at radius 3 is 2.43 bits per heavy atom. The molecule has 14 heavy (non-hydrogen) atoms. The van der Waals surface area contributed by atoms with E-state index in [4.69, 9.17) is 4.74 Å². The third kappa shape index (κ3) is 2.80. The third-order valence-corrected chi connectivity index (χ3v) is 2.95. The second-order valence-corrected chi connectivity index (χ2v) is 4.70. The van der Waals surface area contributed by atoms with E-state index in [0.29, 0.717) is 19.6 Å². The Balaban J connectivity index is 2.62. The maximum absolute atomic E-state index is 10.1. The summed E-state index contributed by atoms with van der Waals surface area (Å²) in [5, 5.41) is 19.8. The Hall–Kier alpha value is -0.380. The molecule has 0 spiro atoms. The summed E-state index contributed by atoms with van der Waals surface area (Å²) in [6.07, 6.45) is 3.36. The molecule has 0 saturated heterocycles. The molecule has 0 fully saturated rings. The highest BCUT2D eigenvalue weighted by Gasteiger charge is 2.37. The van der Waals surface area contributed by atoms with E-state index in [1.54, 1.807) is 20.8 Å². The molecule has 0 aromatic heterocycles. The lowest BCUT2D eigenvalue weighted by atomic mass is 9.81. The van der Waals surface area contributed by atoms with Crippen molar-refractivity contribution in [1.82, 2.24) is 0 Å². The van der Waals surface area contributed by atoms with Gasteiger partial charge in [0, 0.05) is 0 Å². The first-order valence-electron chi connectivity index (χ1n) is 5.03. The van der Waals surface area contributed by atoms with Crippen LogP contribution in [-0.4, -0.2) is 34.6 Å². The van der Waals surface area contributed by atoms with Gasteiger partial charge in [0.15, 0.2) is 0 Å². The molecular weight excluding hydrogens is 180 g/mol. The standard InChI is InChI=1S/C11H20O3/c1-10(2,12)11(3,13)8-9-4-6-14-7-5-9/h4,12-13H,5-8H2,1-3H3. The van der Waals surface area contributed by atoms with E-state index in [2.05, 4.69) is 0 Å². The maximum Gasteiger partial charge on any atom is 0.0936 e. The molecule has 2 N–H and O–H groups in total. The van der Waals surface area contributed by atoms with Gasteiger partial charge < -0.3 is 14.9 Å². The Bertz CT molecular complexity index is 223. The number of ether oxygens (including phenoxy) is 1. The second-order valence-electron chi connectivity index (χ2n) is 4.70. The van der Waals surface area contributed by atoms with Crippen molar-refractivity contribution in [3.05, 3.63) is 11.6 Å². The minimum atomic E-state index is -1.08. The number of hydrogen-bond donors (Lipinski definition) is 2. The van der Waals surface area contributed by atoms with Crippen LogP contribution in [0.15, 0.2) is 11.6 Å². The van der Waals surface area contributed by atoms with Gasteiger partial charge in [-0.25, -0.2) is 0 Å². The second kappa shape index (κ2) is 4.01. The van der Waals surface area contributed by atoms with Crippen LogP contribution in [0.3, 0.4) is 0 Å². The molecule has 1 rings (SSSR count). The lowest BCUT2D eigenvalue weighted by Crippen LogP contribution is -2.47. The van der Waals surface area contributed by atoms with Crippen LogP contribution in [0.1, 0.15) is 33.6 Å². The van der Waals surface area contributed by atoms with Gasteiger partial charge in [-0.15, -0.1) is 0 Å². The van der Waals surface area contributed by atoms with Crippen LogP contribution < -0.4 is 0 Å². The van der Waals surface area contributed by atoms with Crippen molar-refractivity contribution in [1.29, 1.82) is 0 Å². The summed E-state index contributed by atoms with van der Waals surface area (Å²) in [7, 11) is 0. The largest absolute Gasteiger partial charge is 0.387 e. The van der Waals surface area contributed by atoms with Crippen LogP contribution >= 0.6 is 0 Å². The molecule has 0 amide bonds. The van der Waals surface area contributed by atoms with Gasteiger partial charge in [-0.3, -0.25) is 0 Å². The molecule has 3 heteroatoms. The van der Waals surface area contributed by atoms with E-state index in [1.807, 2.05) is 6.08 Å². The highest BCUT2D eigenvalue weighted by molar-refractivity contribution is 5.10. The molecule has 1 atom stereocenters. The van der Waals surface area contributed by atoms with Crippen molar-refractivity contribution in [2.45, 2.75) is 44.8 Å². The van der Waals surface area contributed by atoms with Crippen LogP contribution in [0.2, 0.25) is 0 Å².